The molecule has 1 aliphatic rings. The van der Waals surface area contributed by atoms with Crippen LogP contribution >= 0.6 is 15.9 Å². The molecule has 104 valence electrons. The first kappa shape index (κ1) is 13.2. The van der Waals surface area contributed by atoms with E-state index in [1.54, 1.807) is 6.07 Å². The number of carbonyl (C=O) groups excluding carboxylic acids is 1. The molecule has 1 fully saturated rings. The Morgan fingerprint density at radius 1 is 1.40 bits per heavy atom. The molecule has 1 saturated carbocycles. The molecule has 1 aliphatic carbocycles. The molecule has 0 spiro atoms. The number of nitrogen functional groups attached to an aromatic ring is 1. The third kappa shape index (κ3) is 2.58. The molecular weight excluding hydrogens is 318 g/mol. The smallest absolute Gasteiger partial charge is 0.272 e. The molecule has 0 unspecified atom stereocenters. The van der Waals surface area contributed by atoms with Crippen LogP contribution in [0, 0.1) is 6.92 Å². The Labute approximate surface area is 126 Å². The second-order valence-corrected chi connectivity index (χ2v) is 6.09. The average Bonchev–Trinajstić information content (AvgIpc) is 3.17. The number of amides is 1. The van der Waals surface area contributed by atoms with Crippen LogP contribution in [0.2, 0.25) is 0 Å². The highest BCUT2D eigenvalue weighted by molar-refractivity contribution is 9.10. The molecule has 1 heterocycles. The first-order valence-corrected chi connectivity index (χ1v) is 7.39. The Bertz CT molecular complexity index is 674. The van der Waals surface area contributed by atoms with Crippen molar-refractivity contribution in [1.82, 2.24) is 4.57 Å². The summed E-state index contributed by atoms with van der Waals surface area (Å²) >= 11 is 3.45. The highest BCUT2D eigenvalue weighted by atomic mass is 79.9. The third-order valence-corrected chi connectivity index (χ3v) is 4.10. The van der Waals surface area contributed by atoms with Gasteiger partial charge in [-0.2, -0.15) is 0 Å². The molecular formula is C15H16BrN3O. The number of carbonyl (C=O) groups is 1. The SMILES string of the molecule is Cc1ccc(Br)c(NC(=O)c2cc(N)cn2C2CC2)c1. The zero-order valence-corrected chi connectivity index (χ0v) is 12.8. The van der Waals surface area contributed by atoms with Crippen molar-refractivity contribution in [3.05, 3.63) is 46.2 Å². The van der Waals surface area contributed by atoms with Crippen LogP contribution in [0.25, 0.3) is 0 Å². The average molecular weight is 334 g/mol. The predicted molar refractivity (Wildman–Crippen MR) is 83.9 cm³/mol. The van der Waals surface area contributed by atoms with E-state index in [4.69, 9.17) is 5.73 Å². The quantitative estimate of drug-likeness (QED) is 0.898. The topological polar surface area (TPSA) is 60.1 Å². The molecule has 20 heavy (non-hydrogen) atoms. The minimum absolute atomic E-state index is 0.125. The normalized spacial score (nSPS) is 14.3. The van der Waals surface area contributed by atoms with E-state index >= 15 is 0 Å². The lowest BCUT2D eigenvalue weighted by molar-refractivity contribution is 0.101. The van der Waals surface area contributed by atoms with Crippen LogP contribution in [0.3, 0.4) is 0 Å². The van der Waals surface area contributed by atoms with Crippen molar-refractivity contribution in [2.24, 2.45) is 0 Å². The van der Waals surface area contributed by atoms with Gasteiger partial charge in [-0.15, -0.1) is 0 Å². The molecule has 2 aromatic rings. The van der Waals surface area contributed by atoms with Crippen LogP contribution in [0.1, 0.15) is 34.9 Å². The number of aryl methyl sites for hydroxylation is 1. The summed E-state index contributed by atoms with van der Waals surface area (Å²) in [5, 5.41) is 2.94. The lowest BCUT2D eigenvalue weighted by Crippen LogP contribution is -2.16. The molecule has 1 aromatic heterocycles. The number of benzene rings is 1. The van der Waals surface area contributed by atoms with Crippen LogP contribution in [0.15, 0.2) is 34.9 Å². The summed E-state index contributed by atoms with van der Waals surface area (Å²) in [5.74, 6) is -0.125. The molecule has 0 aliphatic heterocycles. The van der Waals surface area contributed by atoms with Crippen LogP contribution in [-0.4, -0.2) is 10.5 Å². The van der Waals surface area contributed by atoms with Crippen molar-refractivity contribution in [2.75, 3.05) is 11.1 Å². The first-order chi connectivity index (χ1) is 9.54. The number of anilines is 2. The molecule has 3 N–H and O–H groups in total. The van der Waals surface area contributed by atoms with Gasteiger partial charge in [0.2, 0.25) is 0 Å². The van der Waals surface area contributed by atoms with Crippen molar-refractivity contribution in [2.45, 2.75) is 25.8 Å². The van der Waals surface area contributed by atoms with Crippen LogP contribution in [-0.2, 0) is 0 Å². The number of rotatable bonds is 3. The van der Waals surface area contributed by atoms with Crippen molar-refractivity contribution in [1.29, 1.82) is 0 Å². The third-order valence-electron chi connectivity index (χ3n) is 3.41. The van der Waals surface area contributed by atoms with Gasteiger partial charge in [-0.3, -0.25) is 4.79 Å². The minimum Gasteiger partial charge on any atom is -0.397 e. The van der Waals surface area contributed by atoms with Crippen LogP contribution in [0.4, 0.5) is 11.4 Å². The van der Waals surface area contributed by atoms with E-state index in [9.17, 15) is 4.79 Å². The van der Waals surface area contributed by atoms with Gasteiger partial charge in [-0.05, 0) is 59.5 Å². The van der Waals surface area contributed by atoms with Gasteiger partial charge in [0.1, 0.15) is 5.69 Å². The molecule has 0 atom stereocenters. The Morgan fingerprint density at radius 2 is 2.15 bits per heavy atom. The maximum Gasteiger partial charge on any atom is 0.272 e. The molecule has 3 rings (SSSR count). The van der Waals surface area contributed by atoms with E-state index in [2.05, 4.69) is 21.2 Å². The number of hydrogen-bond acceptors (Lipinski definition) is 2. The van der Waals surface area contributed by atoms with Crippen molar-refractivity contribution in [3.63, 3.8) is 0 Å². The summed E-state index contributed by atoms with van der Waals surface area (Å²) in [6.07, 6.45) is 4.07. The monoisotopic (exact) mass is 333 g/mol. The lowest BCUT2D eigenvalue weighted by Gasteiger charge is -2.10. The maximum absolute atomic E-state index is 12.4. The highest BCUT2D eigenvalue weighted by Gasteiger charge is 2.27. The molecule has 0 saturated heterocycles. The van der Waals surface area contributed by atoms with Gasteiger partial charge in [-0.1, -0.05) is 6.07 Å². The zero-order chi connectivity index (χ0) is 14.3. The second kappa shape index (κ2) is 4.98. The van der Waals surface area contributed by atoms with E-state index in [0.717, 1.165) is 28.6 Å². The van der Waals surface area contributed by atoms with Crippen molar-refractivity contribution < 1.29 is 4.79 Å². The second-order valence-electron chi connectivity index (χ2n) is 5.23. The Morgan fingerprint density at radius 3 is 2.85 bits per heavy atom. The summed E-state index contributed by atoms with van der Waals surface area (Å²) in [6.45, 7) is 1.99. The van der Waals surface area contributed by atoms with Gasteiger partial charge in [0, 0.05) is 16.7 Å². The number of nitrogens with one attached hydrogen (secondary N) is 1. The Hall–Kier alpha value is -1.75. The zero-order valence-electron chi connectivity index (χ0n) is 11.2. The molecule has 1 amide bonds. The van der Waals surface area contributed by atoms with Gasteiger partial charge in [0.25, 0.3) is 5.91 Å². The molecule has 4 nitrogen and oxygen atoms in total. The van der Waals surface area contributed by atoms with E-state index in [1.165, 1.54) is 0 Å². The van der Waals surface area contributed by atoms with Gasteiger partial charge in [-0.25, -0.2) is 0 Å². The summed E-state index contributed by atoms with van der Waals surface area (Å²) in [6, 6.07) is 8.02. The van der Waals surface area contributed by atoms with Crippen LogP contribution < -0.4 is 11.1 Å². The maximum atomic E-state index is 12.4. The van der Waals surface area contributed by atoms with E-state index in [0.29, 0.717) is 17.4 Å². The number of hydrogen-bond donors (Lipinski definition) is 2. The van der Waals surface area contributed by atoms with E-state index in [1.807, 2.05) is 35.9 Å². The number of nitrogens with zero attached hydrogens (tertiary/aromatic N) is 1. The van der Waals surface area contributed by atoms with Gasteiger partial charge < -0.3 is 15.6 Å². The molecule has 1 aromatic carbocycles. The highest BCUT2D eigenvalue weighted by Crippen LogP contribution is 2.37. The Kier molecular flexibility index (Phi) is 3.30. The predicted octanol–water partition coefficient (Wildman–Crippen LogP) is 3.73. The largest absolute Gasteiger partial charge is 0.397 e. The van der Waals surface area contributed by atoms with Gasteiger partial charge >= 0.3 is 0 Å². The lowest BCUT2D eigenvalue weighted by atomic mass is 10.2. The standard InChI is InChI=1S/C15H16BrN3O/c1-9-2-5-12(16)13(6-9)18-15(20)14-7-10(17)8-19(14)11-3-4-11/h2,5-8,11H,3-4,17H2,1H3,(H,18,20). The molecule has 0 radical (unpaired) electrons. The summed E-state index contributed by atoms with van der Waals surface area (Å²) in [7, 11) is 0. The number of aromatic nitrogens is 1. The fourth-order valence-corrected chi connectivity index (χ4v) is 2.60. The van der Waals surface area contributed by atoms with E-state index in [-0.39, 0.29) is 5.91 Å². The summed E-state index contributed by atoms with van der Waals surface area (Å²) in [5.41, 5.74) is 8.95. The summed E-state index contributed by atoms with van der Waals surface area (Å²) in [4.78, 5) is 12.4. The molecule has 5 heteroatoms. The molecule has 0 bridgehead atoms. The summed E-state index contributed by atoms with van der Waals surface area (Å²) < 4.78 is 2.85. The number of halogens is 1. The van der Waals surface area contributed by atoms with Crippen molar-refractivity contribution >= 4 is 33.2 Å². The Balaban J connectivity index is 1.87. The van der Waals surface area contributed by atoms with Gasteiger partial charge in [0.05, 0.1) is 11.4 Å². The number of nitrogens with two attached hydrogens (primary N) is 1. The van der Waals surface area contributed by atoms with Gasteiger partial charge in [0.15, 0.2) is 0 Å². The van der Waals surface area contributed by atoms with E-state index < -0.39 is 0 Å². The minimum atomic E-state index is -0.125. The fourth-order valence-electron chi connectivity index (χ4n) is 2.26. The van der Waals surface area contributed by atoms with Crippen molar-refractivity contribution in [3.8, 4) is 0 Å². The van der Waals surface area contributed by atoms with Crippen LogP contribution in [0.5, 0.6) is 0 Å². The first-order valence-electron chi connectivity index (χ1n) is 6.59. The fraction of sp³-hybridized carbons (Fsp3) is 0.267.